The van der Waals surface area contributed by atoms with Crippen LogP contribution in [-0.2, 0) is 47.9 Å². The molecule has 56 heavy (non-hydrogen) atoms. The summed E-state index contributed by atoms with van der Waals surface area (Å²) in [6.07, 6.45) is 10.2. The van der Waals surface area contributed by atoms with Gasteiger partial charge in [0.1, 0.15) is 0 Å². The van der Waals surface area contributed by atoms with Crippen molar-refractivity contribution in [1.29, 1.82) is 0 Å². The van der Waals surface area contributed by atoms with Gasteiger partial charge in [-0.3, -0.25) is 0 Å². The van der Waals surface area contributed by atoms with Crippen LogP contribution < -0.4 is 35.3 Å². The van der Waals surface area contributed by atoms with Crippen LogP contribution in [0.15, 0.2) is 90.5 Å². The summed E-state index contributed by atoms with van der Waals surface area (Å²) < 4.78 is 0. The molecular formula is C53H65Cl2Zr. The van der Waals surface area contributed by atoms with E-state index in [9.17, 15) is 0 Å². The molecule has 1 atom stereocenters. The molecule has 0 nitrogen and oxygen atoms in total. The minimum absolute atomic E-state index is 0. The molecule has 0 N–H and O–H groups in total. The summed E-state index contributed by atoms with van der Waals surface area (Å²) >= 11 is 0. The molecule has 0 bridgehead atoms. The molecule has 0 aliphatic heterocycles. The normalized spacial score (nSPS) is 15.3. The molecule has 2 aliphatic carbocycles. The maximum absolute atomic E-state index is 4.07. The molecule has 2 aliphatic rings. The Kier molecular flexibility index (Phi) is 14.3. The van der Waals surface area contributed by atoms with Crippen LogP contribution in [0.5, 0.6) is 0 Å². The van der Waals surface area contributed by atoms with E-state index >= 15 is 0 Å². The molecule has 3 heteroatoms. The van der Waals surface area contributed by atoms with Crippen molar-refractivity contribution in [3.05, 3.63) is 145 Å². The second kappa shape index (κ2) is 16.7. The van der Waals surface area contributed by atoms with Gasteiger partial charge in [0, 0.05) is 0 Å². The second-order valence-electron chi connectivity index (χ2n) is 21.0. The van der Waals surface area contributed by atoms with Gasteiger partial charge in [-0.25, -0.2) is 0 Å². The first-order chi connectivity index (χ1) is 24.4. The molecular weight excluding hydrogens is 799 g/mol. The summed E-state index contributed by atoms with van der Waals surface area (Å²) in [5.74, 6) is 0.348. The van der Waals surface area contributed by atoms with Crippen LogP contribution in [-0.4, -0.2) is 0 Å². The van der Waals surface area contributed by atoms with Crippen molar-refractivity contribution in [3.63, 3.8) is 0 Å². The van der Waals surface area contributed by atoms with Gasteiger partial charge >= 0.3 is 26.2 Å². The van der Waals surface area contributed by atoms with E-state index < -0.39 is 0 Å². The van der Waals surface area contributed by atoms with E-state index in [0.29, 0.717) is 5.92 Å². The first-order valence-electron chi connectivity index (χ1n) is 20.1. The summed E-state index contributed by atoms with van der Waals surface area (Å²) in [7, 11) is 0. The average molecular weight is 864 g/mol. The van der Waals surface area contributed by atoms with E-state index in [1.54, 1.807) is 0 Å². The molecule has 0 spiro atoms. The first kappa shape index (κ1) is 47.9. The minimum Gasteiger partial charge on any atom is -1.00 e. The summed E-state index contributed by atoms with van der Waals surface area (Å²) in [6.45, 7) is 37.4. The Morgan fingerprint density at radius 2 is 1.02 bits per heavy atom. The van der Waals surface area contributed by atoms with E-state index in [4.69, 9.17) is 0 Å². The molecule has 0 fully saturated rings. The zero-order chi connectivity index (χ0) is 39.1. The molecule has 1 radical (unpaired) electrons. The number of allylic oxidation sites excluding steroid dienone is 4. The number of fused-ring (bicyclic) bond motifs is 3. The largest absolute Gasteiger partial charge is 3.00 e. The molecule has 0 amide bonds. The Morgan fingerprint density at radius 3 is 1.43 bits per heavy atom. The van der Waals surface area contributed by atoms with Crippen LogP contribution in [0.4, 0.5) is 0 Å². The van der Waals surface area contributed by atoms with Crippen LogP contribution in [0.2, 0.25) is 0 Å². The van der Waals surface area contributed by atoms with Crippen molar-refractivity contribution < 1.29 is 51.0 Å². The molecule has 4 aromatic rings. The predicted molar refractivity (Wildman–Crippen MR) is 232 cm³/mol. The van der Waals surface area contributed by atoms with Crippen molar-refractivity contribution in [3.8, 4) is 11.1 Å². The maximum atomic E-state index is 4.07. The van der Waals surface area contributed by atoms with Crippen molar-refractivity contribution in [1.82, 2.24) is 0 Å². The molecule has 0 saturated carbocycles. The fourth-order valence-electron chi connectivity index (χ4n) is 8.22. The number of hydrogen-bond donors (Lipinski definition) is 0. The van der Waals surface area contributed by atoms with E-state index in [2.05, 4.69) is 202 Å². The Morgan fingerprint density at radius 1 is 0.554 bits per heavy atom. The van der Waals surface area contributed by atoms with Crippen molar-refractivity contribution >= 4 is 17.2 Å². The average Bonchev–Trinajstić information content (AvgIpc) is 3.65. The third kappa shape index (κ3) is 9.38. The van der Waals surface area contributed by atoms with Crippen LogP contribution in [0, 0.1) is 11.3 Å². The molecule has 6 rings (SSSR count). The van der Waals surface area contributed by atoms with E-state index in [1.165, 1.54) is 82.8 Å². The Labute approximate surface area is 372 Å². The van der Waals surface area contributed by atoms with Gasteiger partial charge in [-0.1, -0.05) is 212 Å². The van der Waals surface area contributed by atoms with Crippen molar-refractivity contribution in [2.75, 3.05) is 0 Å². The first-order valence-corrected chi connectivity index (χ1v) is 20.1. The quantitative estimate of drug-likeness (QED) is 0.168. The SMILES string of the molecule is CCC1C=C(C(C)(C)C)C=C1c1c(C(C)(C)C)c(=C(c2ccc(C(C)(C)C)cc2)c2ccc(C(C)(C)C)cc2)cc2c1=[C-]c1cc(C(C)(C)C)ccc1-2.[Cl-].[Cl-].[Zr+3]. The predicted octanol–water partition coefficient (Wildman–Crippen LogP) is 7.21. The van der Waals surface area contributed by atoms with Crippen LogP contribution in [0.3, 0.4) is 0 Å². The molecule has 0 saturated heterocycles. The summed E-state index contributed by atoms with van der Waals surface area (Å²) in [5, 5.41) is 2.59. The second-order valence-corrected chi connectivity index (χ2v) is 21.0. The van der Waals surface area contributed by atoms with E-state index in [-0.39, 0.29) is 78.1 Å². The summed E-state index contributed by atoms with van der Waals surface area (Å²) in [6, 6.07) is 28.5. The third-order valence-corrected chi connectivity index (χ3v) is 11.5. The van der Waals surface area contributed by atoms with Gasteiger partial charge in [-0.15, -0.1) is 34.1 Å². The van der Waals surface area contributed by atoms with E-state index in [0.717, 1.165) is 6.42 Å². The molecule has 0 heterocycles. The third-order valence-electron chi connectivity index (χ3n) is 11.5. The standard InChI is InChI=1S/C53H65.2ClH.Zr/c1-17-33-28-40(52(11,12)13)31-42(33)47-44-30-36-29-39(51(8,9)10)26-27-41(36)43(44)32-45(48(47)53(14,15)16)46(34-18-22-37(23-19-34)49(2,3)4)35-20-24-38(25-21-35)50(5,6)7;;;/h18-29,31-33H,17H2,1-16H3;2*1H;/q-1;;;+3/p-2. The zero-order valence-electron chi connectivity index (χ0n) is 37.1. The summed E-state index contributed by atoms with van der Waals surface area (Å²) in [4.78, 5) is 0. The topological polar surface area (TPSA) is 0 Å². The zero-order valence-corrected chi connectivity index (χ0v) is 41.1. The molecule has 295 valence electrons. The van der Waals surface area contributed by atoms with Gasteiger partial charge in [-0.2, -0.15) is 0 Å². The van der Waals surface area contributed by atoms with Crippen LogP contribution >= 0.6 is 0 Å². The Balaban J connectivity index is 0.00000280. The van der Waals surface area contributed by atoms with Gasteiger partial charge in [0.2, 0.25) is 0 Å². The van der Waals surface area contributed by atoms with Crippen LogP contribution in [0.25, 0.3) is 28.3 Å². The van der Waals surface area contributed by atoms with Gasteiger partial charge < -0.3 is 24.8 Å². The molecule has 0 aromatic heterocycles. The van der Waals surface area contributed by atoms with Crippen molar-refractivity contribution in [2.45, 2.75) is 139 Å². The maximum Gasteiger partial charge on any atom is 3.00 e. The Bertz CT molecular complexity index is 2190. The number of benzene rings is 4. The Hall–Kier alpha value is -2.44. The number of halogens is 2. The number of hydrogen-bond acceptors (Lipinski definition) is 0. The minimum atomic E-state index is -0.154. The van der Waals surface area contributed by atoms with Gasteiger partial charge in [0.15, 0.2) is 0 Å². The number of rotatable bonds is 4. The fourth-order valence-corrected chi connectivity index (χ4v) is 8.22. The molecule has 4 aromatic carbocycles. The summed E-state index contributed by atoms with van der Waals surface area (Å²) in [5.41, 5.74) is 17.5. The monoisotopic (exact) mass is 861 g/mol. The fraction of sp³-hybridized carbons (Fsp3) is 0.434. The smallest absolute Gasteiger partial charge is 1.00 e. The van der Waals surface area contributed by atoms with E-state index in [1.807, 2.05) is 0 Å². The van der Waals surface area contributed by atoms with Gasteiger partial charge in [0.05, 0.1) is 0 Å². The molecule has 1 unspecified atom stereocenters. The van der Waals surface area contributed by atoms with Gasteiger partial charge in [0.25, 0.3) is 0 Å². The van der Waals surface area contributed by atoms with Crippen molar-refractivity contribution in [2.24, 2.45) is 11.3 Å². The van der Waals surface area contributed by atoms with Gasteiger partial charge in [-0.05, 0) is 78.0 Å². The van der Waals surface area contributed by atoms with Crippen LogP contribution in [0.1, 0.15) is 162 Å².